The lowest BCUT2D eigenvalue weighted by molar-refractivity contribution is 0.0204. The van der Waals surface area contributed by atoms with Gasteiger partial charge in [0.2, 0.25) is 0 Å². The van der Waals surface area contributed by atoms with Gasteiger partial charge < -0.3 is 20.3 Å². The van der Waals surface area contributed by atoms with Crippen molar-refractivity contribution in [2.24, 2.45) is 5.92 Å². The van der Waals surface area contributed by atoms with Crippen molar-refractivity contribution in [3.63, 3.8) is 0 Å². The van der Waals surface area contributed by atoms with E-state index in [-0.39, 0.29) is 17.9 Å². The van der Waals surface area contributed by atoms with Crippen LogP contribution in [0.1, 0.15) is 81.0 Å². The Kier molecular flexibility index (Phi) is 8.46. The zero-order valence-electron chi connectivity index (χ0n) is 21.0. The zero-order chi connectivity index (χ0) is 24.9. The van der Waals surface area contributed by atoms with E-state index in [9.17, 15) is 9.59 Å². The molecule has 3 rings (SSSR count). The first-order valence-electron chi connectivity index (χ1n) is 11.8. The highest BCUT2D eigenvalue weighted by atomic mass is 32.1. The maximum atomic E-state index is 12.3. The first-order chi connectivity index (χ1) is 16.0. The molecular formula is C24H36N6O3S. The fourth-order valence-corrected chi connectivity index (χ4v) is 4.40. The normalized spacial score (nSPS) is 14.9. The molecule has 0 radical (unpaired) electrons. The second-order valence-electron chi connectivity index (χ2n) is 10.1. The number of carbonyl (C=O) groups is 2. The van der Waals surface area contributed by atoms with E-state index in [1.807, 2.05) is 33.8 Å². The minimum absolute atomic E-state index is 0.109. The third-order valence-electron chi connectivity index (χ3n) is 5.39. The van der Waals surface area contributed by atoms with Crippen LogP contribution < -0.4 is 10.6 Å². The van der Waals surface area contributed by atoms with Crippen molar-refractivity contribution >= 4 is 34.3 Å². The molecule has 0 unspecified atom stereocenters. The van der Waals surface area contributed by atoms with E-state index in [1.165, 1.54) is 11.3 Å². The maximum absolute atomic E-state index is 12.3. The third kappa shape index (κ3) is 7.65. The number of carbonyl (C=O) groups excluding carboxylic acids is 2. The molecule has 1 aliphatic rings. The quantitative estimate of drug-likeness (QED) is 0.572. The average Bonchev–Trinajstić information content (AvgIpc) is 3.20. The fraction of sp³-hybridized carbons (Fsp3) is 0.625. The molecule has 34 heavy (non-hydrogen) atoms. The van der Waals surface area contributed by atoms with Crippen molar-refractivity contribution < 1.29 is 14.3 Å². The second kappa shape index (κ2) is 11.1. The van der Waals surface area contributed by atoms with E-state index < -0.39 is 5.60 Å². The van der Waals surface area contributed by atoms with Gasteiger partial charge in [-0.2, -0.15) is 0 Å². The highest BCUT2D eigenvalue weighted by Gasteiger charge is 2.28. The van der Waals surface area contributed by atoms with Gasteiger partial charge in [-0.05, 0) is 52.9 Å². The number of amides is 2. The van der Waals surface area contributed by atoms with Crippen LogP contribution in [-0.4, -0.2) is 57.1 Å². The van der Waals surface area contributed by atoms with E-state index in [0.717, 1.165) is 25.0 Å². The molecule has 2 aromatic rings. The lowest BCUT2D eigenvalue weighted by atomic mass is 9.93. The Morgan fingerprint density at radius 1 is 1.24 bits per heavy atom. The molecule has 3 heterocycles. The molecule has 1 aliphatic heterocycles. The molecule has 0 atom stereocenters. The predicted octanol–water partition coefficient (Wildman–Crippen LogP) is 4.88. The number of hydrogen-bond donors (Lipinski definition) is 2. The van der Waals surface area contributed by atoms with Crippen LogP contribution in [0.4, 0.5) is 15.7 Å². The number of piperidine rings is 1. The van der Waals surface area contributed by atoms with Gasteiger partial charge in [-0.15, -0.1) is 0 Å². The van der Waals surface area contributed by atoms with Crippen LogP contribution in [0, 0.1) is 12.8 Å². The van der Waals surface area contributed by atoms with Crippen LogP contribution in [0.15, 0.2) is 12.3 Å². The van der Waals surface area contributed by atoms with Crippen molar-refractivity contribution in [1.82, 2.24) is 25.2 Å². The number of aromatic nitrogens is 3. The first kappa shape index (κ1) is 25.9. The minimum Gasteiger partial charge on any atom is -0.444 e. The number of rotatable bonds is 7. The molecule has 186 valence electrons. The Morgan fingerprint density at radius 3 is 2.59 bits per heavy atom. The third-order valence-corrected chi connectivity index (χ3v) is 6.31. The van der Waals surface area contributed by atoms with E-state index in [2.05, 4.69) is 39.4 Å². The highest BCUT2D eigenvalue weighted by molar-refractivity contribution is 7.17. The second-order valence-corrected chi connectivity index (χ2v) is 11.1. The van der Waals surface area contributed by atoms with Gasteiger partial charge in [0.15, 0.2) is 5.13 Å². The number of hydrogen-bond acceptors (Lipinski definition) is 8. The standard InChI is InChI=1S/C24H36N6O3S/c1-15(2)7-10-25-21(31)19-14-26-22(34-19)29-20-13-18(27-16(3)28-20)17-8-11-30(12-9-17)23(32)33-24(4,5)6/h13-15,17H,7-12H2,1-6H3,(H,25,31)(H,26,27,28,29). The summed E-state index contributed by atoms with van der Waals surface area (Å²) in [5.41, 5.74) is 0.449. The summed E-state index contributed by atoms with van der Waals surface area (Å²) in [6.07, 6.45) is 3.88. The van der Waals surface area contributed by atoms with Crippen molar-refractivity contribution in [3.8, 4) is 0 Å². The van der Waals surface area contributed by atoms with Crippen molar-refractivity contribution in [2.75, 3.05) is 25.0 Å². The lowest BCUT2D eigenvalue weighted by Crippen LogP contribution is -2.41. The molecule has 0 aliphatic carbocycles. The van der Waals surface area contributed by atoms with Gasteiger partial charge in [-0.3, -0.25) is 4.79 Å². The van der Waals surface area contributed by atoms with Gasteiger partial charge in [0.05, 0.1) is 6.20 Å². The summed E-state index contributed by atoms with van der Waals surface area (Å²) in [5, 5.41) is 6.76. The molecule has 0 saturated carbocycles. The number of nitrogens with zero attached hydrogens (tertiary/aromatic N) is 4. The number of anilines is 2. The summed E-state index contributed by atoms with van der Waals surface area (Å²) in [4.78, 5) is 40.5. The summed E-state index contributed by atoms with van der Waals surface area (Å²) in [5.74, 6) is 1.98. The van der Waals surface area contributed by atoms with Crippen LogP contribution in [0.5, 0.6) is 0 Å². The predicted molar refractivity (Wildman–Crippen MR) is 134 cm³/mol. The molecule has 1 saturated heterocycles. The highest BCUT2D eigenvalue weighted by Crippen LogP contribution is 2.30. The van der Waals surface area contributed by atoms with Gasteiger partial charge in [0.1, 0.15) is 22.1 Å². The number of thiazole rings is 1. The summed E-state index contributed by atoms with van der Waals surface area (Å²) < 4.78 is 5.49. The van der Waals surface area contributed by atoms with Crippen molar-refractivity contribution in [2.45, 2.75) is 72.3 Å². The molecule has 9 nitrogen and oxygen atoms in total. The Labute approximate surface area is 205 Å². The Bertz CT molecular complexity index is 993. The van der Waals surface area contributed by atoms with E-state index in [1.54, 1.807) is 11.1 Å². The summed E-state index contributed by atoms with van der Waals surface area (Å²) in [6, 6.07) is 1.94. The van der Waals surface area contributed by atoms with E-state index in [0.29, 0.717) is 47.2 Å². The summed E-state index contributed by atoms with van der Waals surface area (Å²) in [6.45, 7) is 13.7. The topological polar surface area (TPSA) is 109 Å². The number of aryl methyl sites for hydroxylation is 1. The van der Waals surface area contributed by atoms with Gasteiger partial charge in [0.25, 0.3) is 5.91 Å². The molecule has 2 aromatic heterocycles. The van der Waals surface area contributed by atoms with E-state index >= 15 is 0 Å². The van der Waals surface area contributed by atoms with Crippen LogP contribution in [0.3, 0.4) is 0 Å². The largest absolute Gasteiger partial charge is 0.444 e. The zero-order valence-corrected chi connectivity index (χ0v) is 21.8. The molecular weight excluding hydrogens is 452 g/mol. The summed E-state index contributed by atoms with van der Waals surface area (Å²) in [7, 11) is 0. The molecule has 0 aromatic carbocycles. The SMILES string of the molecule is Cc1nc(Nc2ncc(C(=O)NCCC(C)C)s2)cc(C2CCN(C(=O)OC(C)(C)C)CC2)n1. The summed E-state index contributed by atoms with van der Waals surface area (Å²) >= 11 is 1.30. The van der Waals surface area contributed by atoms with Gasteiger partial charge >= 0.3 is 6.09 Å². The number of nitrogens with one attached hydrogen (secondary N) is 2. The van der Waals surface area contributed by atoms with Crippen LogP contribution in [0.25, 0.3) is 0 Å². The Hall–Kier alpha value is -2.75. The minimum atomic E-state index is -0.497. The molecule has 0 spiro atoms. The van der Waals surface area contributed by atoms with Gasteiger partial charge in [0, 0.05) is 37.3 Å². The van der Waals surface area contributed by atoms with Gasteiger partial charge in [-0.1, -0.05) is 25.2 Å². The fourth-order valence-electron chi connectivity index (χ4n) is 3.66. The first-order valence-corrected chi connectivity index (χ1v) is 12.7. The number of ether oxygens (including phenoxy) is 1. The van der Waals surface area contributed by atoms with Crippen LogP contribution >= 0.6 is 11.3 Å². The molecule has 1 fully saturated rings. The van der Waals surface area contributed by atoms with Crippen molar-refractivity contribution in [3.05, 3.63) is 28.7 Å². The monoisotopic (exact) mass is 488 g/mol. The lowest BCUT2D eigenvalue weighted by Gasteiger charge is -2.33. The molecule has 10 heteroatoms. The average molecular weight is 489 g/mol. The van der Waals surface area contributed by atoms with Gasteiger partial charge in [-0.25, -0.2) is 19.7 Å². The van der Waals surface area contributed by atoms with E-state index in [4.69, 9.17) is 4.74 Å². The van der Waals surface area contributed by atoms with Crippen LogP contribution in [0.2, 0.25) is 0 Å². The number of likely N-dealkylation sites (tertiary alicyclic amines) is 1. The molecule has 2 N–H and O–H groups in total. The Morgan fingerprint density at radius 2 is 1.94 bits per heavy atom. The van der Waals surface area contributed by atoms with Crippen molar-refractivity contribution in [1.29, 1.82) is 0 Å². The molecule has 2 amide bonds. The van der Waals surface area contributed by atoms with Crippen LogP contribution in [-0.2, 0) is 4.74 Å². The smallest absolute Gasteiger partial charge is 0.410 e. The molecule has 0 bridgehead atoms. The maximum Gasteiger partial charge on any atom is 0.410 e. The Balaban J connectivity index is 1.59.